The van der Waals surface area contributed by atoms with E-state index in [0.29, 0.717) is 35.5 Å². The van der Waals surface area contributed by atoms with Crippen LogP contribution >= 0.6 is 0 Å². The number of carbonyl (C=O) groups is 2. The van der Waals surface area contributed by atoms with Crippen molar-refractivity contribution in [3.05, 3.63) is 94.0 Å². The summed E-state index contributed by atoms with van der Waals surface area (Å²) in [5, 5.41) is 2.80. The molecule has 0 radical (unpaired) electrons. The van der Waals surface area contributed by atoms with Crippen LogP contribution in [-0.2, 0) is 21.4 Å². The molecule has 9 heteroatoms. The number of benzene rings is 3. The number of hydrogen-bond acceptors (Lipinski definition) is 5. The smallest absolute Gasteiger partial charge is 0.253 e. The monoisotopic (exact) mass is 562 g/mol. The van der Waals surface area contributed by atoms with Gasteiger partial charge in [-0.05, 0) is 75.7 Å². The first-order valence-electron chi connectivity index (χ1n) is 13.5. The lowest BCUT2D eigenvalue weighted by Crippen LogP contribution is -2.47. The molecule has 0 unspecified atom stereocenters. The Morgan fingerprint density at radius 3 is 1.98 bits per heavy atom. The van der Waals surface area contributed by atoms with Gasteiger partial charge in [-0.25, -0.2) is 8.42 Å². The first-order chi connectivity index (χ1) is 18.9. The lowest BCUT2D eigenvalue weighted by molar-refractivity contribution is -0.116. The predicted molar refractivity (Wildman–Crippen MR) is 158 cm³/mol. The highest BCUT2D eigenvalue weighted by Crippen LogP contribution is 2.27. The molecule has 0 saturated carbocycles. The maximum Gasteiger partial charge on any atom is 0.253 e. The van der Waals surface area contributed by atoms with Gasteiger partial charge < -0.3 is 15.1 Å². The minimum absolute atomic E-state index is 0.0369. The third-order valence-corrected chi connectivity index (χ3v) is 9.31. The molecule has 0 spiro atoms. The summed E-state index contributed by atoms with van der Waals surface area (Å²) in [6.07, 6.45) is 0. The fourth-order valence-electron chi connectivity index (χ4n) is 5.07. The molecule has 0 aliphatic carbocycles. The Balaban J connectivity index is 1.52. The number of nitrogens with one attached hydrogen (secondary N) is 1. The summed E-state index contributed by atoms with van der Waals surface area (Å²) in [6, 6.07) is 18.0. The number of nitrogens with zero attached hydrogens (tertiary/aromatic N) is 3. The molecule has 1 heterocycles. The third-order valence-electron chi connectivity index (χ3n) is 7.21. The topological polar surface area (TPSA) is 90.0 Å². The summed E-state index contributed by atoms with van der Waals surface area (Å²) >= 11 is 0. The van der Waals surface area contributed by atoms with Gasteiger partial charge >= 0.3 is 0 Å². The number of sulfonamides is 1. The van der Waals surface area contributed by atoms with Gasteiger partial charge in [0.25, 0.3) is 5.91 Å². The molecular weight excluding hydrogens is 524 g/mol. The minimum atomic E-state index is -3.99. The van der Waals surface area contributed by atoms with E-state index < -0.39 is 15.9 Å². The zero-order valence-corrected chi connectivity index (χ0v) is 24.7. The molecule has 40 heavy (non-hydrogen) atoms. The van der Waals surface area contributed by atoms with Crippen molar-refractivity contribution in [3.8, 4) is 0 Å². The largest absolute Gasteiger partial charge is 0.336 e. The van der Waals surface area contributed by atoms with E-state index in [2.05, 4.69) is 10.2 Å². The lowest BCUT2D eigenvalue weighted by atomic mass is 10.1. The van der Waals surface area contributed by atoms with Crippen LogP contribution in [0.1, 0.15) is 38.2 Å². The molecule has 3 aromatic carbocycles. The van der Waals surface area contributed by atoms with E-state index in [1.165, 1.54) is 4.31 Å². The van der Waals surface area contributed by atoms with Gasteiger partial charge in [-0.3, -0.25) is 9.59 Å². The second kappa shape index (κ2) is 12.3. The first-order valence-corrected chi connectivity index (χ1v) is 14.9. The molecule has 0 bridgehead atoms. The van der Waals surface area contributed by atoms with Gasteiger partial charge in [0.15, 0.2) is 0 Å². The van der Waals surface area contributed by atoms with Gasteiger partial charge in [-0.2, -0.15) is 4.31 Å². The van der Waals surface area contributed by atoms with Crippen molar-refractivity contribution in [3.63, 3.8) is 0 Å². The van der Waals surface area contributed by atoms with Gasteiger partial charge in [-0.1, -0.05) is 47.5 Å². The summed E-state index contributed by atoms with van der Waals surface area (Å²) in [5.41, 5.74) is 5.17. The Morgan fingerprint density at radius 1 is 0.825 bits per heavy atom. The second-order valence-corrected chi connectivity index (χ2v) is 12.6. The number of amides is 2. The highest BCUT2D eigenvalue weighted by molar-refractivity contribution is 7.89. The maximum atomic E-state index is 13.9. The molecular formula is C31H38N4O4S. The van der Waals surface area contributed by atoms with E-state index in [9.17, 15) is 18.0 Å². The molecule has 2 amide bonds. The molecule has 4 rings (SSSR count). The van der Waals surface area contributed by atoms with E-state index in [1.54, 1.807) is 38.1 Å². The zero-order chi connectivity index (χ0) is 29.0. The summed E-state index contributed by atoms with van der Waals surface area (Å²) in [7, 11) is -1.95. The Bertz CT molecular complexity index is 1450. The SMILES string of the molecule is Cc1ccc(CN(CC(=O)Nc2ccc(C(=O)N3CCN(C)CC3)cc2)S(=O)(=O)c2c(C)cc(C)cc2C)cc1. The molecule has 1 fully saturated rings. The van der Waals surface area contributed by atoms with Crippen LogP contribution < -0.4 is 5.32 Å². The van der Waals surface area contributed by atoms with Crippen LogP contribution in [0.3, 0.4) is 0 Å². The van der Waals surface area contributed by atoms with Crippen molar-refractivity contribution in [2.45, 2.75) is 39.1 Å². The molecule has 3 aromatic rings. The number of piperazine rings is 1. The van der Waals surface area contributed by atoms with Crippen LogP contribution in [0.25, 0.3) is 0 Å². The minimum Gasteiger partial charge on any atom is -0.336 e. The molecule has 1 saturated heterocycles. The Labute approximate surface area is 237 Å². The van der Waals surface area contributed by atoms with E-state index >= 15 is 0 Å². The predicted octanol–water partition coefficient (Wildman–Crippen LogP) is 4.14. The number of aryl methyl sites for hydroxylation is 4. The molecule has 212 valence electrons. The van der Waals surface area contributed by atoms with Gasteiger partial charge in [0.05, 0.1) is 11.4 Å². The highest BCUT2D eigenvalue weighted by Gasteiger charge is 2.30. The van der Waals surface area contributed by atoms with Gasteiger partial charge in [0, 0.05) is 44.0 Å². The van der Waals surface area contributed by atoms with Gasteiger partial charge in [0.2, 0.25) is 15.9 Å². The number of carbonyl (C=O) groups excluding carboxylic acids is 2. The van der Waals surface area contributed by atoms with Crippen LogP contribution in [0.15, 0.2) is 65.6 Å². The van der Waals surface area contributed by atoms with Crippen molar-refractivity contribution < 1.29 is 18.0 Å². The fourth-order valence-corrected chi connectivity index (χ4v) is 6.87. The molecule has 1 N–H and O–H groups in total. The van der Waals surface area contributed by atoms with Crippen molar-refractivity contribution in [2.75, 3.05) is 45.1 Å². The second-order valence-electron chi connectivity index (χ2n) is 10.7. The van der Waals surface area contributed by atoms with Crippen molar-refractivity contribution in [1.29, 1.82) is 0 Å². The zero-order valence-electron chi connectivity index (χ0n) is 23.9. The quantitative estimate of drug-likeness (QED) is 0.446. The van der Waals surface area contributed by atoms with Crippen LogP contribution in [-0.4, -0.2) is 74.1 Å². The lowest BCUT2D eigenvalue weighted by Gasteiger charge is -2.32. The van der Waals surface area contributed by atoms with E-state index in [-0.39, 0.29) is 23.9 Å². The third kappa shape index (κ3) is 6.96. The van der Waals surface area contributed by atoms with Crippen molar-refractivity contribution >= 4 is 27.5 Å². The van der Waals surface area contributed by atoms with Gasteiger partial charge in [-0.15, -0.1) is 0 Å². The fraction of sp³-hybridized carbons (Fsp3) is 0.355. The Morgan fingerprint density at radius 2 is 1.40 bits per heavy atom. The van der Waals surface area contributed by atoms with Crippen LogP contribution in [0.4, 0.5) is 5.69 Å². The molecule has 1 aliphatic heterocycles. The number of rotatable bonds is 8. The molecule has 8 nitrogen and oxygen atoms in total. The summed E-state index contributed by atoms with van der Waals surface area (Å²) in [4.78, 5) is 30.3. The van der Waals surface area contributed by atoms with Crippen LogP contribution in [0, 0.1) is 27.7 Å². The van der Waals surface area contributed by atoms with E-state index in [4.69, 9.17) is 0 Å². The van der Waals surface area contributed by atoms with Crippen molar-refractivity contribution in [1.82, 2.24) is 14.1 Å². The number of anilines is 1. The van der Waals surface area contributed by atoms with Crippen LogP contribution in [0.2, 0.25) is 0 Å². The van der Waals surface area contributed by atoms with E-state index in [1.807, 2.05) is 62.2 Å². The van der Waals surface area contributed by atoms with E-state index in [0.717, 1.165) is 29.8 Å². The molecule has 0 atom stereocenters. The number of hydrogen-bond donors (Lipinski definition) is 1. The summed E-state index contributed by atoms with van der Waals surface area (Å²) in [5.74, 6) is -0.499. The molecule has 0 aromatic heterocycles. The standard InChI is InChI=1S/C31H38N4O4S/c1-22-6-8-26(9-7-22)20-35(40(38,39)30-24(3)18-23(2)19-25(30)4)21-29(36)32-28-12-10-27(11-13-28)31(37)34-16-14-33(5)15-17-34/h6-13,18-19H,14-17,20-21H2,1-5H3,(H,32,36). The normalized spacial score (nSPS) is 14.4. The average Bonchev–Trinajstić information content (AvgIpc) is 2.89. The van der Waals surface area contributed by atoms with Crippen molar-refractivity contribution in [2.24, 2.45) is 0 Å². The van der Waals surface area contributed by atoms with Crippen LogP contribution in [0.5, 0.6) is 0 Å². The number of likely N-dealkylation sites (N-methyl/N-ethyl adjacent to an activating group) is 1. The summed E-state index contributed by atoms with van der Waals surface area (Å²) in [6.45, 7) is 10.2. The Hall–Kier alpha value is -3.53. The maximum absolute atomic E-state index is 13.9. The first kappa shape index (κ1) is 29.5. The highest BCUT2D eigenvalue weighted by atomic mass is 32.2. The Kier molecular flexibility index (Phi) is 9.08. The van der Waals surface area contributed by atoms with Gasteiger partial charge in [0.1, 0.15) is 0 Å². The summed E-state index contributed by atoms with van der Waals surface area (Å²) < 4.78 is 29.1. The molecule has 1 aliphatic rings. The average molecular weight is 563 g/mol.